The molecule has 0 saturated carbocycles. The van der Waals surface area contributed by atoms with Crippen LogP contribution in [0.3, 0.4) is 0 Å². The third-order valence-electron chi connectivity index (χ3n) is 2.48. The van der Waals surface area contributed by atoms with Gasteiger partial charge in [-0.15, -0.1) is 0 Å². The number of hydrogen-bond donors (Lipinski definition) is 1. The molecule has 0 aromatic heterocycles. The molecule has 0 radical (unpaired) electrons. The molecular weight excluding hydrogens is 248 g/mol. The average molecular weight is 266 g/mol. The second-order valence-electron chi connectivity index (χ2n) is 4.79. The number of nitrogens with one attached hydrogen (secondary N) is 1. The van der Waals surface area contributed by atoms with E-state index < -0.39 is 10.0 Å². The Balaban J connectivity index is 2.83. The van der Waals surface area contributed by atoms with Gasteiger partial charge in [0.05, 0.1) is 16.5 Å². The van der Waals surface area contributed by atoms with Gasteiger partial charge in [0.1, 0.15) is 0 Å². The zero-order chi connectivity index (χ0) is 13.8. The Kier molecular flexibility index (Phi) is 4.88. The lowest BCUT2D eigenvalue weighted by Gasteiger charge is -2.16. The first-order valence-corrected chi connectivity index (χ1v) is 7.36. The molecule has 98 valence electrons. The van der Waals surface area contributed by atoms with Crippen LogP contribution in [-0.2, 0) is 10.0 Å². The van der Waals surface area contributed by atoms with E-state index >= 15 is 0 Å². The molecule has 1 aromatic carbocycles. The van der Waals surface area contributed by atoms with Crippen molar-refractivity contribution in [3.05, 3.63) is 29.8 Å². The van der Waals surface area contributed by atoms with E-state index in [0.29, 0.717) is 11.5 Å². The van der Waals surface area contributed by atoms with Gasteiger partial charge in [-0.1, -0.05) is 13.8 Å². The van der Waals surface area contributed by atoms with Crippen molar-refractivity contribution < 1.29 is 8.42 Å². The van der Waals surface area contributed by atoms with Crippen molar-refractivity contribution in [3.8, 4) is 6.07 Å². The summed E-state index contributed by atoms with van der Waals surface area (Å²) in [7, 11) is -3.49. The fourth-order valence-corrected chi connectivity index (χ4v) is 3.05. The molecule has 0 amide bonds. The van der Waals surface area contributed by atoms with Gasteiger partial charge in [-0.2, -0.15) is 5.26 Å². The highest BCUT2D eigenvalue weighted by atomic mass is 32.2. The summed E-state index contributed by atoms with van der Waals surface area (Å²) >= 11 is 0. The molecule has 0 aliphatic heterocycles. The van der Waals surface area contributed by atoms with Crippen molar-refractivity contribution in [1.29, 1.82) is 5.26 Å². The molecule has 0 fully saturated rings. The quantitative estimate of drug-likeness (QED) is 0.888. The molecule has 1 N–H and O–H groups in total. The third kappa shape index (κ3) is 4.13. The van der Waals surface area contributed by atoms with Gasteiger partial charge in [0.2, 0.25) is 10.0 Å². The molecule has 0 aliphatic rings. The first-order valence-electron chi connectivity index (χ1n) is 5.87. The lowest BCUT2D eigenvalue weighted by atomic mass is 10.1. The molecule has 1 aromatic rings. The molecule has 0 bridgehead atoms. The van der Waals surface area contributed by atoms with Crippen LogP contribution >= 0.6 is 0 Å². The van der Waals surface area contributed by atoms with Crippen LogP contribution in [0.4, 0.5) is 0 Å². The zero-order valence-electron chi connectivity index (χ0n) is 10.8. The van der Waals surface area contributed by atoms with Crippen molar-refractivity contribution in [2.24, 2.45) is 5.92 Å². The van der Waals surface area contributed by atoms with Crippen LogP contribution in [0.15, 0.2) is 29.2 Å². The summed E-state index contributed by atoms with van der Waals surface area (Å²) in [6.45, 7) is 5.94. The monoisotopic (exact) mass is 266 g/mol. The minimum atomic E-state index is -3.49. The van der Waals surface area contributed by atoms with Gasteiger partial charge < -0.3 is 0 Å². The van der Waals surface area contributed by atoms with Gasteiger partial charge in [0, 0.05) is 6.04 Å². The Labute approximate surface area is 109 Å². The molecular formula is C13H18N2O2S. The molecule has 0 heterocycles. The summed E-state index contributed by atoms with van der Waals surface area (Å²) < 4.78 is 26.7. The Morgan fingerprint density at radius 2 is 1.78 bits per heavy atom. The molecule has 1 rings (SSSR count). The van der Waals surface area contributed by atoms with E-state index in [0.717, 1.165) is 6.42 Å². The molecule has 1 atom stereocenters. The van der Waals surface area contributed by atoms with Crippen LogP contribution < -0.4 is 4.72 Å². The summed E-state index contributed by atoms with van der Waals surface area (Å²) in [5.74, 6) is 0.434. The maximum atomic E-state index is 12.0. The van der Waals surface area contributed by atoms with Crippen LogP contribution in [-0.4, -0.2) is 14.5 Å². The molecule has 0 aliphatic carbocycles. The van der Waals surface area contributed by atoms with E-state index in [4.69, 9.17) is 5.26 Å². The van der Waals surface area contributed by atoms with Crippen LogP contribution in [0.25, 0.3) is 0 Å². The van der Waals surface area contributed by atoms with Gasteiger partial charge in [0.25, 0.3) is 0 Å². The summed E-state index contributed by atoms with van der Waals surface area (Å²) in [5.41, 5.74) is 0.448. The van der Waals surface area contributed by atoms with E-state index in [1.165, 1.54) is 24.3 Å². The molecule has 0 spiro atoms. The summed E-state index contributed by atoms with van der Waals surface area (Å²) in [4.78, 5) is 0.192. The Morgan fingerprint density at radius 3 is 2.22 bits per heavy atom. The van der Waals surface area contributed by atoms with E-state index in [2.05, 4.69) is 4.72 Å². The first kappa shape index (κ1) is 14.7. The van der Waals surface area contributed by atoms with Gasteiger partial charge in [-0.3, -0.25) is 0 Å². The number of nitrogens with zero attached hydrogens (tertiary/aromatic N) is 1. The molecule has 5 heteroatoms. The van der Waals surface area contributed by atoms with Gasteiger partial charge >= 0.3 is 0 Å². The van der Waals surface area contributed by atoms with Crippen molar-refractivity contribution in [1.82, 2.24) is 4.72 Å². The number of nitriles is 1. The number of sulfonamides is 1. The van der Waals surface area contributed by atoms with Crippen molar-refractivity contribution in [3.63, 3.8) is 0 Å². The van der Waals surface area contributed by atoms with Crippen molar-refractivity contribution >= 4 is 10.0 Å². The van der Waals surface area contributed by atoms with E-state index in [1.54, 1.807) is 0 Å². The minimum Gasteiger partial charge on any atom is -0.208 e. The largest absolute Gasteiger partial charge is 0.240 e. The highest BCUT2D eigenvalue weighted by molar-refractivity contribution is 7.89. The Bertz CT molecular complexity index is 527. The number of hydrogen-bond acceptors (Lipinski definition) is 3. The van der Waals surface area contributed by atoms with Crippen LogP contribution in [0.1, 0.15) is 32.8 Å². The lowest BCUT2D eigenvalue weighted by molar-refractivity contribution is 0.482. The fraction of sp³-hybridized carbons (Fsp3) is 0.462. The van der Waals surface area contributed by atoms with Crippen LogP contribution in [0, 0.1) is 17.2 Å². The predicted octanol–water partition coefficient (Wildman–Crippen LogP) is 2.27. The van der Waals surface area contributed by atoms with E-state index in [9.17, 15) is 8.42 Å². The molecule has 0 saturated heterocycles. The number of benzene rings is 1. The molecule has 18 heavy (non-hydrogen) atoms. The van der Waals surface area contributed by atoms with Gasteiger partial charge in [-0.25, -0.2) is 13.1 Å². The number of rotatable bonds is 5. The average Bonchev–Trinajstić information content (AvgIpc) is 2.27. The second kappa shape index (κ2) is 5.98. The zero-order valence-corrected chi connectivity index (χ0v) is 11.7. The lowest BCUT2D eigenvalue weighted by Crippen LogP contribution is -2.33. The SMILES string of the molecule is CC(C)CC(C)NS(=O)(=O)c1ccc(C#N)cc1. The molecule has 4 nitrogen and oxygen atoms in total. The Hall–Kier alpha value is -1.38. The highest BCUT2D eigenvalue weighted by Crippen LogP contribution is 2.12. The van der Waals surface area contributed by atoms with E-state index in [1.807, 2.05) is 26.8 Å². The smallest absolute Gasteiger partial charge is 0.208 e. The van der Waals surface area contributed by atoms with Crippen LogP contribution in [0.2, 0.25) is 0 Å². The molecule has 1 unspecified atom stereocenters. The third-order valence-corrected chi connectivity index (χ3v) is 4.08. The van der Waals surface area contributed by atoms with Crippen molar-refractivity contribution in [2.45, 2.75) is 38.1 Å². The van der Waals surface area contributed by atoms with Crippen molar-refractivity contribution in [2.75, 3.05) is 0 Å². The van der Waals surface area contributed by atoms with Crippen LogP contribution in [0.5, 0.6) is 0 Å². The highest BCUT2D eigenvalue weighted by Gasteiger charge is 2.17. The summed E-state index contributed by atoms with van der Waals surface area (Å²) in [5, 5.41) is 8.66. The predicted molar refractivity (Wildman–Crippen MR) is 70.4 cm³/mol. The maximum absolute atomic E-state index is 12.0. The second-order valence-corrected chi connectivity index (χ2v) is 6.50. The first-order chi connectivity index (χ1) is 8.35. The maximum Gasteiger partial charge on any atom is 0.240 e. The standard InChI is InChI=1S/C13H18N2O2S/c1-10(2)8-11(3)15-18(16,17)13-6-4-12(9-14)5-7-13/h4-7,10-11,15H,8H2,1-3H3. The summed E-state index contributed by atoms with van der Waals surface area (Å²) in [6.07, 6.45) is 0.787. The normalized spacial score (nSPS) is 13.3. The summed E-state index contributed by atoms with van der Waals surface area (Å²) in [6, 6.07) is 7.75. The fourth-order valence-electron chi connectivity index (χ4n) is 1.80. The van der Waals surface area contributed by atoms with E-state index in [-0.39, 0.29) is 10.9 Å². The van der Waals surface area contributed by atoms with Gasteiger partial charge in [0.15, 0.2) is 0 Å². The topological polar surface area (TPSA) is 70.0 Å². The Morgan fingerprint density at radius 1 is 1.22 bits per heavy atom. The van der Waals surface area contributed by atoms with Gasteiger partial charge in [-0.05, 0) is 43.5 Å². The minimum absolute atomic E-state index is 0.106.